The van der Waals surface area contributed by atoms with E-state index in [2.05, 4.69) is 58.9 Å². The van der Waals surface area contributed by atoms with Crippen LogP contribution in [0.3, 0.4) is 0 Å². The molecule has 32 heavy (non-hydrogen) atoms. The van der Waals surface area contributed by atoms with Crippen LogP contribution in [-0.4, -0.2) is 68.1 Å². The number of aliphatic hydroxyl groups is 1. The smallest absolute Gasteiger partial charge is 0.133 e. The van der Waals surface area contributed by atoms with Crippen LogP contribution >= 0.6 is 27.5 Å². The fourth-order valence-electron chi connectivity index (χ4n) is 3.70. The second-order valence-corrected chi connectivity index (χ2v) is 9.80. The van der Waals surface area contributed by atoms with Crippen LogP contribution in [-0.2, 0) is 10.2 Å². The van der Waals surface area contributed by atoms with Crippen molar-refractivity contribution in [2.45, 2.75) is 31.8 Å². The standard InChI is InChI=1S/C25H33BrClNO4/c1-25(2,20-6-9-24(23(26)16-20)31-13-3-10-27)19-4-7-22(8-5-19)32-18-21(29)17-28-11-14-30-15-12-28/h4-9,16,21,29H,3,10-15,17-18H2,1-2H3. The van der Waals surface area contributed by atoms with Crippen molar-refractivity contribution in [1.29, 1.82) is 0 Å². The number of alkyl halides is 1. The molecule has 1 N–H and O–H groups in total. The van der Waals surface area contributed by atoms with Crippen molar-refractivity contribution in [1.82, 2.24) is 4.90 Å². The van der Waals surface area contributed by atoms with E-state index in [9.17, 15) is 5.11 Å². The topological polar surface area (TPSA) is 51.2 Å². The van der Waals surface area contributed by atoms with Crippen molar-refractivity contribution in [3.63, 3.8) is 0 Å². The highest BCUT2D eigenvalue weighted by atomic mass is 79.9. The van der Waals surface area contributed by atoms with Crippen LogP contribution in [0.25, 0.3) is 0 Å². The zero-order chi connectivity index (χ0) is 23.0. The molecule has 0 bridgehead atoms. The predicted octanol–water partition coefficient (Wildman–Crippen LogP) is 4.85. The second kappa shape index (κ2) is 12.2. The molecule has 1 aliphatic rings. The largest absolute Gasteiger partial charge is 0.492 e. The van der Waals surface area contributed by atoms with E-state index >= 15 is 0 Å². The van der Waals surface area contributed by atoms with Crippen LogP contribution in [0.2, 0.25) is 0 Å². The van der Waals surface area contributed by atoms with E-state index < -0.39 is 6.10 Å². The zero-order valence-electron chi connectivity index (χ0n) is 18.9. The van der Waals surface area contributed by atoms with E-state index in [0.29, 0.717) is 19.0 Å². The summed E-state index contributed by atoms with van der Waals surface area (Å²) >= 11 is 9.36. The summed E-state index contributed by atoms with van der Waals surface area (Å²) in [6, 6.07) is 14.3. The maximum atomic E-state index is 10.3. The highest BCUT2D eigenvalue weighted by Gasteiger charge is 2.24. The number of aliphatic hydroxyl groups excluding tert-OH is 1. The molecular weight excluding hydrogens is 494 g/mol. The Kier molecular flexibility index (Phi) is 9.68. The van der Waals surface area contributed by atoms with E-state index in [1.807, 2.05) is 18.2 Å². The number of morpholine rings is 1. The van der Waals surface area contributed by atoms with Gasteiger partial charge in [0.15, 0.2) is 0 Å². The maximum Gasteiger partial charge on any atom is 0.133 e. The molecule has 5 nitrogen and oxygen atoms in total. The van der Waals surface area contributed by atoms with E-state index in [0.717, 1.165) is 48.7 Å². The first-order chi connectivity index (χ1) is 15.4. The van der Waals surface area contributed by atoms with Crippen molar-refractivity contribution >= 4 is 27.5 Å². The SMILES string of the molecule is CC(C)(c1ccc(OCC(O)CN2CCOCC2)cc1)c1ccc(OCCCCl)c(Br)c1. The van der Waals surface area contributed by atoms with E-state index in [4.69, 9.17) is 25.8 Å². The third-order valence-corrected chi connectivity index (χ3v) is 6.67. The Bertz CT molecular complexity index is 840. The normalized spacial score (nSPS) is 16.0. The first kappa shape index (κ1) is 25.3. The molecule has 2 aromatic carbocycles. The van der Waals surface area contributed by atoms with E-state index in [1.165, 1.54) is 11.1 Å². The van der Waals surface area contributed by atoms with Crippen molar-refractivity contribution in [2.24, 2.45) is 0 Å². The molecule has 1 unspecified atom stereocenters. The lowest BCUT2D eigenvalue weighted by molar-refractivity contribution is 0.00465. The summed E-state index contributed by atoms with van der Waals surface area (Å²) in [5.74, 6) is 2.18. The summed E-state index contributed by atoms with van der Waals surface area (Å²) in [6.07, 6.45) is 0.298. The van der Waals surface area contributed by atoms with Crippen LogP contribution in [0, 0.1) is 0 Å². The second-order valence-electron chi connectivity index (χ2n) is 8.56. The van der Waals surface area contributed by atoms with Gasteiger partial charge in [-0.2, -0.15) is 0 Å². The molecule has 0 amide bonds. The summed E-state index contributed by atoms with van der Waals surface area (Å²) in [4.78, 5) is 2.20. The first-order valence-corrected chi connectivity index (χ1v) is 12.4. The van der Waals surface area contributed by atoms with Gasteiger partial charge in [-0.15, -0.1) is 11.6 Å². The first-order valence-electron chi connectivity index (χ1n) is 11.1. The van der Waals surface area contributed by atoms with E-state index in [-0.39, 0.29) is 12.0 Å². The van der Waals surface area contributed by atoms with Gasteiger partial charge in [0.25, 0.3) is 0 Å². The average Bonchev–Trinajstić information content (AvgIpc) is 2.80. The molecule has 0 spiro atoms. The highest BCUT2D eigenvalue weighted by molar-refractivity contribution is 9.10. The van der Waals surface area contributed by atoms with Crippen molar-refractivity contribution in [3.8, 4) is 11.5 Å². The van der Waals surface area contributed by atoms with Gasteiger partial charge in [0.05, 0.1) is 24.3 Å². The van der Waals surface area contributed by atoms with E-state index in [1.54, 1.807) is 0 Å². The number of nitrogens with zero attached hydrogens (tertiary/aromatic N) is 1. The quantitative estimate of drug-likeness (QED) is 0.335. The molecule has 0 saturated carbocycles. The summed E-state index contributed by atoms with van der Waals surface area (Å²) in [7, 11) is 0. The third kappa shape index (κ3) is 7.09. The number of rotatable bonds is 11. The molecule has 2 aromatic rings. The van der Waals surface area contributed by atoms with Gasteiger partial charge in [0.2, 0.25) is 0 Å². The van der Waals surface area contributed by atoms with Gasteiger partial charge in [-0.3, -0.25) is 4.90 Å². The molecule has 1 atom stereocenters. The van der Waals surface area contributed by atoms with Gasteiger partial charge in [0, 0.05) is 30.9 Å². The van der Waals surface area contributed by atoms with Crippen LogP contribution in [0.15, 0.2) is 46.9 Å². The Morgan fingerprint density at radius 1 is 1.09 bits per heavy atom. The van der Waals surface area contributed by atoms with Crippen molar-refractivity contribution in [2.75, 3.05) is 51.9 Å². The number of hydrogen-bond donors (Lipinski definition) is 1. The molecule has 0 aliphatic carbocycles. The minimum atomic E-state index is -0.522. The van der Waals surface area contributed by atoms with Crippen LogP contribution in [0.1, 0.15) is 31.4 Å². The van der Waals surface area contributed by atoms with Crippen molar-refractivity contribution in [3.05, 3.63) is 58.1 Å². The molecule has 0 radical (unpaired) electrons. The van der Waals surface area contributed by atoms with Gasteiger partial charge in [-0.1, -0.05) is 32.0 Å². The molecule has 7 heteroatoms. The molecule has 3 rings (SSSR count). The molecule has 0 aromatic heterocycles. The Labute approximate surface area is 204 Å². The Morgan fingerprint density at radius 2 is 1.78 bits per heavy atom. The molecule has 1 fully saturated rings. The minimum absolute atomic E-state index is 0.189. The number of hydrogen-bond acceptors (Lipinski definition) is 5. The Balaban J connectivity index is 1.57. The predicted molar refractivity (Wildman–Crippen MR) is 132 cm³/mol. The molecular formula is C25H33BrClNO4. The third-order valence-electron chi connectivity index (χ3n) is 5.78. The molecule has 1 saturated heterocycles. The summed E-state index contributed by atoms with van der Waals surface area (Å²) in [5.41, 5.74) is 2.18. The van der Waals surface area contributed by atoms with Gasteiger partial charge in [-0.25, -0.2) is 0 Å². The van der Waals surface area contributed by atoms with Gasteiger partial charge in [-0.05, 0) is 57.7 Å². The summed E-state index contributed by atoms with van der Waals surface area (Å²) in [5, 5.41) is 10.3. The molecule has 1 aliphatic heterocycles. The fraction of sp³-hybridized carbons (Fsp3) is 0.520. The summed E-state index contributed by atoms with van der Waals surface area (Å²) in [6.45, 7) is 9.06. The Hall–Kier alpha value is -1.31. The summed E-state index contributed by atoms with van der Waals surface area (Å²) < 4.78 is 17.9. The number of benzene rings is 2. The van der Waals surface area contributed by atoms with Crippen LogP contribution in [0.4, 0.5) is 0 Å². The lowest BCUT2D eigenvalue weighted by Gasteiger charge is -2.28. The van der Waals surface area contributed by atoms with Crippen LogP contribution < -0.4 is 9.47 Å². The number of β-amino-alcohol motifs (C(OH)–C–C–N with tert-alkyl or cyclic N) is 1. The minimum Gasteiger partial charge on any atom is -0.492 e. The van der Waals surface area contributed by atoms with Gasteiger partial charge in [0.1, 0.15) is 24.2 Å². The Morgan fingerprint density at radius 3 is 2.44 bits per heavy atom. The fourth-order valence-corrected chi connectivity index (χ4v) is 4.31. The highest BCUT2D eigenvalue weighted by Crippen LogP contribution is 2.36. The number of ether oxygens (including phenoxy) is 3. The lowest BCUT2D eigenvalue weighted by Crippen LogP contribution is -2.42. The van der Waals surface area contributed by atoms with Gasteiger partial charge < -0.3 is 19.3 Å². The average molecular weight is 527 g/mol. The van der Waals surface area contributed by atoms with Gasteiger partial charge >= 0.3 is 0 Å². The lowest BCUT2D eigenvalue weighted by atomic mass is 9.78. The maximum absolute atomic E-state index is 10.3. The van der Waals surface area contributed by atoms with Crippen LogP contribution in [0.5, 0.6) is 11.5 Å². The zero-order valence-corrected chi connectivity index (χ0v) is 21.2. The molecule has 1 heterocycles. The monoisotopic (exact) mass is 525 g/mol. The van der Waals surface area contributed by atoms with Crippen molar-refractivity contribution < 1.29 is 19.3 Å². The number of halogens is 2. The molecule has 176 valence electrons.